The molecule has 0 unspecified atom stereocenters. The molecule has 116 valence electrons. The summed E-state index contributed by atoms with van der Waals surface area (Å²) in [6.45, 7) is 3.15. The second-order valence-electron chi connectivity index (χ2n) is 4.83. The fraction of sp³-hybridized carbons (Fsp3) is 0.200. The molecule has 0 aliphatic rings. The van der Waals surface area contributed by atoms with Crippen molar-refractivity contribution in [1.29, 1.82) is 0 Å². The Balaban J connectivity index is 2.15. The van der Waals surface area contributed by atoms with Gasteiger partial charge in [-0.05, 0) is 48.9 Å². The second kappa shape index (κ2) is 6.67. The minimum Gasteiger partial charge on any atom is -0.326 e. The average Bonchev–Trinajstić information content (AvgIpc) is 2.47. The standard InChI is InChI=1S/C15H17N3O3S/c1-11(13-7-9-16-10-8-13)18-22(20,21)15-5-3-14(4-6-15)17-12(2)19/h3-11,18H,1-2H3,(H,17,19)/t11-/m1/s1. The number of hydrogen-bond acceptors (Lipinski definition) is 4. The molecule has 1 atom stereocenters. The van der Waals surface area contributed by atoms with Crippen LogP contribution in [0.2, 0.25) is 0 Å². The fourth-order valence-corrected chi connectivity index (χ4v) is 3.17. The maximum absolute atomic E-state index is 12.3. The molecule has 0 aliphatic heterocycles. The Morgan fingerprint density at radius 3 is 2.23 bits per heavy atom. The van der Waals surface area contributed by atoms with E-state index < -0.39 is 10.0 Å². The number of anilines is 1. The summed E-state index contributed by atoms with van der Waals surface area (Å²) in [6.07, 6.45) is 3.23. The maximum atomic E-state index is 12.3. The summed E-state index contributed by atoms with van der Waals surface area (Å²) in [5.41, 5.74) is 1.38. The van der Waals surface area contributed by atoms with Gasteiger partial charge in [-0.15, -0.1) is 0 Å². The van der Waals surface area contributed by atoms with Crippen LogP contribution in [0.4, 0.5) is 5.69 Å². The third-order valence-electron chi connectivity index (χ3n) is 3.02. The SMILES string of the molecule is CC(=O)Nc1ccc(S(=O)(=O)N[C@H](C)c2ccncc2)cc1. The lowest BCUT2D eigenvalue weighted by atomic mass is 10.1. The molecule has 0 saturated carbocycles. The fourth-order valence-electron chi connectivity index (χ4n) is 1.94. The largest absolute Gasteiger partial charge is 0.326 e. The van der Waals surface area contributed by atoms with Crippen molar-refractivity contribution in [1.82, 2.24) is 9.71 Å². The Morgan fingerprint density at radius 2 is 1.68 bits per heavy atom. The van der Waals surface area contributed by atoms with Gasteiger partial charge in [-0.2, -0.15) is 0 Å². The molecule has 0 fully saturated rings. The normalized spacial score (nSPS) is 12.6. The number of nitrogens with one attached hydrogen (secondary N) is 2. The number of aromatic nitrogens is 1. The van der Waals surface area contributed by atoms with Crippen LogP contribution in [0.15, 0.2) is 53.7 Å². The minimum absolute atomic E-state index is 0.141. The van der Waals surface area contributed by atoms with Crippen molar-refractivity contribution >= 4 is 21.6 Å². The molecule has 2 rings (SSSR count). The van der Waals surface area contributed by atoms with Gasteiger partial charge in [0.1, 0.15) is 0 Å². The van der Waals surface area contributed by atoms with Gasteiger partial charge in [0.15, 0.2) is 0 Å². The maximum Gasteiger partial charge on any atom is 0.241 e. The van der Waals surface area contributed by atoms with E-state index in [1.54, 1.807) is 43.6 Å². The molecule has 6 nitrogen and oxygen atoms in total. The summed E-state index contributed by atoms with van der Waals surface area (Å²) < 4.78 is 27.3. The highest BCUT2D eigenvalue weighted by atomic mass is 32.2. The van der Waals surface area contributed by atoms with Crippen LogP contribution in [0.25, 0.3) is 0 Å². The smallest absolute Gasteiger partial charge is 0.241 e. The minimum atomic E-state index is -3.64. The van der Waals surface area contributed by atoms with Crippen LogP contribution in [-0.2, 0) is 14.8 Å². The third-order valence-corrected chi connectivity index (χ3v) is 4.58. The Morgan fingerprint density at radius 1 is 1.09 bits per heavy atom. The van der Waals surface area contributed by atoms with Crippen LogP contribution in [0, 0.1) is 0 Å². The third kappa shape index (κ3) is 4.12. The molecule has 1 amide bonds. The van der Waals surface area contributed by atoms with E-state index >= 15 is 0 Å². The Bertz CT molecular complexity index is 743. The lowest BCUT2D eigenvalue weighted by molar-refractivity contribution is -0.114. The van der Waals surface area contributed by atoms with Gasteiger partial charge in [0, 0.05) is 31.0 Å². The Kier molecular flexibility index (Phi) is 4.89. The summed E-state index contributed by atoms with van der Waals surface area (Å²) >= 11 is 0. The van der Waals surface area contributed by atoms with Gasteiger partial charge >= 0.3 is 0 Å². The highest BCUT2D eigenvalue weighted by Crippen LogP contribution is 2.18. The number of carbonyl (C=O) groups excluding carboxylic acids is 1. The first-order valence-electron chi connectivity index (χ1n) is 6.68. The van der Waals surface area contributed by atoms with E-state index in [1.807, 2.05) is 0 Å². The van der Waals surface area contributed by atoms with E-state index in [0.29, 0.717) is 5.69 Å². The lowest BCUT2D eigenvalue weighted by Gasteiger charge is -2.14. The molecule has 2 N–H and O–H groups in total. The Hall–Kier alpha value is -2.25. The highest BCUT2D eigenvalue weighted by Gasteiger charge is 2.18. The number of pyridine rings is 1. The molecular weight excluding hydrogens is 302 g/mol. The molecule has 1 aromatic heterocycles. The lowest BCUT2D eigenvalue weighted by Crippen LogP contribution is -2.26. The summed E-state index contributed by atoms with van der Waals surface area (Å²) in [4.78, 5) is 15.0. The van der Waals surface area contributed by atoms with Crippen LogP contribution in [0.1, 0.15) is 25.5 Å². The van der Waals surface area contributed by atoms with Gasteiger partial charge in [-0.3, -0.25) is 9.78 Å². The summed E-state index contributed by atoms with van der Waals surface area (Å²) in [5, 5.41) is 2.59. The van der Waals surface area contributed by atoms with Crippen LogP contribution < -0.4 is 10.0 Å². The number of benzene rings is 1. The molecule has 0 saturated heterocycles. The zero-order valence-electron chi connectivity index (χ0n) is 12.3. The first kappa shape index (κ1) is 16.1. The molecule has 1 heterocycles. The molecule has 1 aromatic carbocycles. The van der Waals surface area contributed by atoms with Gasteiger partial charge in [0.25, 0.3) is 0 Å². The molecule has 22 heavy (non-hydrogen) atoms. The average molecular weight is 319 g/mol. The molecule has 0 radical (unpaired) electrons. The molecular formula is C15H17N3O3S. The van der Waals surface area contributed by atoms with E-state index in [9.17, 15) is 13.2 Å². The first-order valence-corrected chi connectivity index (χ1v) is 8.17. The number of amides is 1. The predicted octanol–water partition coefficient (Wildman–Crippen LogP) is 2.08. The van der Waals surface area contributed by atoms with E-state index in [2.05, 4.69) is 15.0 Å². The number of hydrogen-bond donors (Lipinski definition) is 2. The molecule has 2 aromatic rings. The van der Waals surface area contributed by atoms with E-state index in [0.717, 1.165) is 5.56 Å². The van der Waals surface area contributed by atoms with Gasteiger partial charge < -0.3 is 5.32 Å². The highest BCUT2D eigenvalue weighted by molar-refractivity contribution is 7.89. The van der Waals surface area contributed by atoms with Gasteiger partial charge in [0.2, 0.25) is 15.9 Å². The van der Waals surface area contributed by atoms with Gasteiger partial charge in [-0.25, -0.2) is 13.1 Å². The van der Waals surface area contributed by atoms with Crippen molar-refractivity contribution in [2.24, 2.45) is 0 Å². The monoisotopic (exact) mass is 319 g/mol. The summed E-state index contributed by atoms with van der Waals surface area (Å²) in [6, 6.07) is 9.14. The molecule has 0 aliphatic carbocycles. The number of sulfonamides is 1. The van der Waals surface area contributed by atoms with Crippen LogP contribution in [0.5, 0.6) is 0 Å². The van der Waals surface area contributed by atoms with Crippen molar-refractivity contribution in [2.75, 3.05) is 5.32 Å². The van der Waals surface area contributed by atoms with Crippen molar-refractivity contribution in [3.63, 3.8) is 0 Å². The number of rotatable bonds is 5. The zero-order valence-corrected chi connectivity index (χ0v) is 13.1. The Labute approximate surface area is 129 Å². The van der Waals surface area contributed by atoms with Crippen LogP contribution >= 0.6 is 0 Å². The topological polar surface area (TPSA) is 88.2 Å². The molecule has 7 heteroatoms. The van der Waals surface area contributed by atoms with Crippen molar-refractivity contribution in [2.45, 2.75) is 24.8 Å². The van der Waals surface area contributed by atoms with Gasteiger partial charge in [0.05, 0.1) is 4.90 Å². The van der Waals surface area contributed by atoms with Gasteiger partial charge in [-0.1, -0.05) is 0 Å². The van der Waals surface area contributed by atoms with Crippen LogP contribution in [-0.4, -0.2) is 19.3 Å². The summed E-state index contributed by atoms with van der Waals surface area (Å²) in [7, 11) is -3.64. The number of nitrogens with zero attached hydrogens (tertiary/aromatic N) is 1. The van der Waals surface area contributed by atoms with Crippen molar-refractivity contribution < 1.29 is 13.2 Å². The first-order chi connectivity index (χ1) is 10.4. The molecule has 0 spiro atoms. The predicted molar refractivity (Wildman–Crippen MR) is 83.7 cm³/mol. The van der Waals surface area contributed by atoms with E-state index in [1.165, 1.54) is 19.1 Å². The van der Waals surface area contributed by atoms with Crippen LogP contribution in [0.3, 0.4) is 0 Å². The van der Waals surface area contributed by atoms with E-state index in [-0.39, 0.29) is 16.8 Å². The van der Waals surface area contributed by atoms with Crippen molar-refractivity contribution in [3.8, 4) is 0 Å². The summed E-state index contributed by atoms with van der Waals surface area (Å²) in [5.74, 6) is -0.208. The van der Waals surface area contributed by atoms with Crippen molar-refractivity contribution in [3.05, 3.63) is 54.4 Å². The molecule has 0 bridgehead atoms. The zero-order chi connectivity index (χ0) is 16.2. The second-order valence-corrected chi connectivity index (χ2v) is 6.54. The van der Waals surface area contributed by atoms with E-state index in [4.69, 9.17) is 0 Å². The number of carbonyl (C=O) groups is 1. The quantitative estimate of drug-likeness (QED) is 0.883.